The van der Waals surface area contributed by atoms with Crippen molar-refractivity contribution in [1.29, 1.82) is 0 Å². The van der Waals surface area contributed by atoms with Crippen LogP contribution in [0, 0.1) is 0 Å². The van der Waals surface area contributed by atoms with Crippen LogP contribution in [0.2, 0.25) is 0 Å². The molecule has 0 aromatic carbocycles. The van der Waals surface area contributed by atoms with E-state index in [-0.39, 0.29) is 5.78 Å². The lowest BCUT2D eigenvalue weighted by Gasteiger charge is -2.15. The summed E-state index contributed by atoms with van der Waals surface area (Å²) < 4.78 is 12.5. The molecule has 0 aliphatic heterocycles. The second-order valence-electron chi connectivity index (χ2n) is 4.18. The van der Waals surface area contributed by atoms with Gasteiger partial charge in [0.15, 0.2) is 5.78 Å². The number of hydrogen-bond donors (Lipinski definition) is 0. The first-order valence-electron chi connectivity index (χ1n) is 6.97. The Labute approximate surface area is 114 Å². The Bertz CT molecular complexity index is 395. The molecule has 5 heteroatoms. The molecule has 0 unspecified atom stereocenters. The number of ketones is 1. The molecule has 0 saturated heterocycles. The van der Waals surface area contributed by atoms with Gasteiger partial charge in [-0.2, -0.15) is 5.10 Å². The maximum Gasteiger partial charge on any atom is 0.218 e. The van der Waals surface area contributed by atoms with Crippen LogP contribution in [-0.4, -0.2) is 35.1 Å². The Hall–Kier alpha value is -1.20. The Morgan fingerprint density at radius 2 is 1.89 bits per heavy atom. The third kappa shape index (κ3) is 4.44. The highest BCUT2D eigenvalue weighted by Gasteiger charge is 2.21. The Balaban J connectivity index is 2.76. The number of carbonyl (C=O) groups excluding carboxylic acids is 1. The van der Waals surface area contributed by atoms with Crippen LogP contribution in [0.1, 0.15) is 39.1 Å². The lowest BCUT2D eigenvalue weighted by atomic mass is 10.2. The molecule has 19 heavy (non-hydrogen) atoms. The number of carbonyl (C=O) groups is 1. The normalized spacial score (nSPS) is 11.2. The van der Waals surface area contributed by atoms with Gasteiger partial charge in [0.2, 0.25) is 6.29 Å². The van der Waals surface area contributed by atoms with Crippen LogP contribution < -0.4 is 0 Å². The molecule has 0 amide bonds. The monoisotopic (exact) mass is 268 g/mol. The summed E-state index contributed by atoms with van der Waals surface area (Å²) in [6.07, 6.45) is 0.403. The summed E-state index contributed by atoms with van der Waals surface area (Å²) in [6.45, 7) is 9.46. The second-order valence-corrected chi connectivity index (χ2v) is 4.18. The van der Waals surface area contributed by atoms with Crippen LogP contribution >= 0.6 is 0 Å². The number of aromatic nitrogens is 2. The van der Waals surface area contributed by atoms with E-state index in [4.69, 9.17) is 9.47 Å². The van der Waals surface area contributed by atoms with Gasteiger partial charge in [0.05, 0.1) is 12.1 Å². The van der Waals surface area contributed by atoms with E-state index in [9.17, 15) is 4.79 Å². The first kappa shape index (κ1) is 15.9. The minimum atomic E-state index is -0.764. The summed E-state index contributed by atoms with van der Waals surface area (Å²) in [5.74, 6) is -0.0547. The van der Waals surface area contributed by atoms with Crippen LogP contribution in [0.5, 0.6) is 0 Å². The number of ether oxygens (including phenoxy) is 2. The highest BCUT2D eigenvalue weighted by molar-refractivity contribution is 5.83. The summed E-state index contributed by atoms with van der Waals surface area (Å²) >= 11 is 0. The van der Waals surface area contributed by atoms with Gasteiger partial charge in [0.25, 0.3) is 0 Å². The van der Waals surface area contributed by atoms with Gasteiger partial charge in [-0.25, -0.2) is 0 Å². The fourth-order valence-corrected chi connectivity index (χ4v) is 1.90. The van der Waals surface area contributed by atoms with Crippen molar-refractivity contribution >= 4 is 5.78 Å². The summed E-state index contributed by atoms with van der Waals surface area (Å²) in [5.41, 5.74) is 1.93. The molecule has 0 fully saturated rings. The van der Waals surface area contributed by atoms with E-state index in [0.717, 1.165) is 24.4 Å². The van der Waals surface area contributed by atoms with E-state index < -0.39 is 6.29 Å². The maximum atomic E-state index is 12.2. The van der Waals surface area contributed by atoms with E-state index >= 15 is 0 Å². The van der Waals surface area contributed by atoms with Gasteiger partial charge in [-0.1, -0.05) is 6.92 Å². The predicted octanol–water partition coefficient (Wildman–Crippen LogP) is 1.98. The molecule has 0 radical (unpaired) electrons. The predicted molar refractivity (Wildman–Crippen MR) is 73.0 cm³/mol. The minimum absolute atomic E-state index is 0.0547. The van der Waals surface area contributed by atoms with E-state index in [1.165, 1.54) is 0 Å². The fourth-order valence-electron chi connectivity index (χ4n) is 1.90. The van der Waals surface area contributed by atoms with Gasteiger partial charge in [-0.3, -0.25) is 9.48 Å². The summed E-state index contributed by atoms with van der Waals surface area (Å²) in [4.78, 5) is 12.2. The summed E-state index contributed by atoms with van der Waals surface area (Å²) in [7, 11) is 0. The molecule has 0 N–H and O–H groups in total. The smallest absolute Gasteiger partial charge is 0.218 e. The van der Waals surface area contributed by atoms with E-state index in [0.29, 0.717) is 19.6 Å². The highest BCUT2D eigenvalue weighted by Crippen LogP contribution is 2.09. The molecule has 1 aromatic rings. The molecule has 5 nitrogen and oxygen atoms in total. The summed E-state index contributed by atoms with van der Waals surface area (Å²) in [5, 5.41) is 4.43. The molecule has 1 heterocycles. The van der Waals surface area contributed by atoms with Crippen LogP contribution in [-0.2, 0) is 33.7 Å². The van der Waals surface area contributed by atoms with E-state index in [2.05, 4.69) is 12.0 Å². The first-order chi connectivity index (χ1) is 9.15. The zero-order valence-corrected chi connectivity index (χ0v) is 12.3. The van der Waals surface area contributed by atoms with Crippen molar-refractivity contribution in [3.63, 3.8) is 0 Å². The van der Waals surface area contributed by atoms with Gasteiger partial charge in [0.1, 0.15) is 0 Å². The van der Waals surface area contributed by atoms with Crippen molar-refractivity contribution in [3.8, 4) is 0 Å². The molecule has 0 aliphatic carbocycles. The van der Waals surface area contributed by atoms with E-state index in [1.807, 2.05) is 31.5 Å². The zero-order valence-electron chi connectivity index (χ0n) is 12.3. The van der Waals surface area contributed by atoms with Crippen molar-refractivity contribution in [2.75, 3.05) is 13.2 Å². The molecule has 1 rings (SSSR count). The van der Waals surface area contributed by atoms with Crippen LogP contribution in [0.15, 0.2) is 6.07 Å². The molecule has 0 atom stereocenters. The molecule has 0 saturated carbocycles. The van der Waals surface area contributed by atoms with E-state index in [1.54, 1.807) is 0 Å². The topological polar surface area (TPSA) is 53.4 Å². The number of aryl methyl sites for hydroxylation is 2. The van der Waals surface area contributed by atoms with Gasteiger partial charge in [-0.05, 0) is 33.3 Å². The van der Waals surface area contributed by atoms with Crippen LogP contribution in [0.4, 0.5) is 0 Å². The third-order valence-electron chi connectivity index (χ3n) is 2.83. The SMILES string of the molecule is CCOC(OCC)C(=O)Cc1cc(CC)nn1CC. The molecule has 1 aromatic heterocycles. The van der Waals surface area contributed by atoms with Crippen LogP contribution in [0.25, 0.3) is 0 Å². The zero-order chi connectivity index (χ0) is 14.3. The second kappa shape index (κ2) is 8.07. The number of rotatable bonds is 9. The van der Waals surface area contributed by atoms with Crippen LogP contribution in [0.3, 0.4) is 0 Å². The first-order valence-corrected chi connectivity index (χ1v) is 6.97. The van der Waals surface area contributed by atoms with Crippen molar-refractivity contribution < 1.29 is 14.3 Å². The van der Waals surface area contributed by atoms with Crippen molar-refractivity contribution in [3.05, 3.63) is 17.5 Å². The minimum Gasteiger partial charge on any atom is -0.346 e. The standard InChI is InChI=1S/C14H24N2O3/c1-5-11-9-12(16(6-2)15-11)10-13(17)14(18-7-3)19-8-4/h9,14H,5-8,10H2,1-4H3. The van der Waals surface area contributed by atoms with Gasteiger partial charge < -0.3 is 9.47 Å². The Morgan fingerprint density at radius 1 is 1.26 bits per heavy atom. The third-order valence-corrected chi connectivity index (χ3v) is 2.83. The fraction of sp³-hybridized carbons (Fsp3) is 0.714. The molecule has 0 bridgehead atoms. The molecule has 0 spiro atoms. The number of Topliss-reactive ketones (excluding diaryl/α,β-unsaturated/α-hetero) is 1. The molecule has 0 aliphatic rings. The summed E-state index contributed by atoms with van der Waals surface area (Å²) in [6, 6.07) is 1.98. The number of hydrogen-bond acceptors (Lipinski definition) is 4. The lowest BCUT2D eigenvalue weighted by Crippen LogP contribution is -2.29. The average molecular weight is 268 g/mol. The maximum absolute atomic E-state index is 12.2. The van der Waals surface area contributed by atoms with Gasteiger partial charge in [-0.15, -0.1) is 0 Å². The van der Waals surface area contributed by atoms with Crippen molar-refractivity contribution in [1.82, 2.24) is 9.78 Å². The quantitative estimate of drug-likeness (QED) is 0.643. The molecular formula is C14H24N2O3. The molecular weight excluding hydrogens is 244 g/mol. The average Bonchev–Trinajstić information content (AvgIpc) is 2.80. The van der Waals surface area contributed by atoms with Gasteiger partial charge >= 0.3 is 0 Å². The van der Waals surface area contributed by atoms with Crippen molar-refractivity contribution in [2.24, 2.45) is 0 Å². The largest absolute Gasteiger partial charge is 0.346 e. The highest BCUT2D eigenvalue weighted by atomic mass is 16.7. The molecule has 108 valence electrons. The van der Waals surface area contributed by atoms with Gasteiger partial charge in [0, 0.05) is 25.5 Å². The number of nitrogens with zero attached hydrogens (tertiary/aromatic N) is 2. The lowest BCUT2D eigenvalue weighted by molar-refractivity contribution is -0.167. The Morgan fingerprint density at radius 3 is 2.37 bits per heavy atom. The Kier molecular flexibility index (Phi) is 6.73. The van der Waals surface area contributed by atoms with Crippen molar-refractivity contribution in [2.45, 2.75) is 53.4 Å².